The van der Waals surface area contributed by atoms with E-state index in [9.17, 15) is 17.6 Å². The van der Waals surface area contributed by atoms with Crippen molar-refractivity contribution in [3.63, 3.8) is 0 Å². The summed E-state index contributed by atoms with van der Waals surface area (Å²) in [5.41, 5.74) is 7.80. The lowest BCUT2D eigenvalue weighted by Crippen LogP contribution is -2.11. The summed E-state index contributed by atoms with van der Waals surface area (Å²) in [7, 11) is 0. The van der Waals surface area contributed by atoms with E-state index in [1.807, 2.05) is 0 Å². The molecule has 0 radical (unpaired) electrons. The lowest BCUT2D eigenvalue weighted by Gasteiger charge is -2.10. The normalized spacial score (nSPS) is 11.7. The maximum atomic E-state index is 12.8. The van der Waals surface area contributed by atoms with Gasteiger partial charge in [-0.2, -0.15) is 13.2 Å². The second-order valence-corrected chi connectivity index (χ2v) is 2.43. The van der Waals surface area contributed by atoms with Crippen LogP contribution in [-0.4, -0.2) is 0 Å². The van der Waals surface area contributed by atoms with E-state index in [1.165, 1.54) is 0 Å². The van der Waals surface area contributed by atoms with E-state index in [-0.39, 0.29) is 5.69 Å². The molecule has 72 valence electrons. The molecule has 0 heterocycles. The third kappa shape index (κ3) is 1.66. The van der Waals surface area contributed by atoms with E-state index in [0.29, 0.717) is 6.07 Å². The zero-order valence-electron chi connectivity index (χ0n) is 6.32. The molecule has 0 bridgehead atoms. The summed E-state index contributed by atoms with van der Waals surface area (Å²) in [6.45, 7) is 0. The summed E-state index contributed by atoms with van der Waals surface area (Å²) in [5.74, 6) is -1.52. The van der Waals surface area contributed by atoms with Crippen molar-refractivity contribution in [1.29, 1.82) is 0 Å². The minimum Gasteiger partial charge on any atom is -0.397 e. The van der Waals surface area contributed by atoms with Crippen LogP contribution in [0.1, 0.15) is 5.56 Å². The highest BCUT2D eigenvalue weighted by molar-refractivity contribution is 5.65. The second kappa shape index (κ2) is 2.79. The van der Waals surface area contributed by atoms with Crippen LogP contribution < -0.4 is 11.5 Å². The number of hydrogen-bond donors (Lipinski definition) is 2. The predicted molar refractivity (Wildman–Crippen MR) is 40.2 cm³/mol. The molecule has 0 aliphatic rings. The molecule has 0 amide bonds. The number of nitrogens with two attached hydrogens (primary N) is 2. The van der Waals surface area contributed by atoms with Gasteiger partial charge in [-0.05, 0) is 12.1 Å². The first kappa shape index (κ1) is 9.63. The molecule has 1 aromatic rings. The number of nitrogen functional groups attached to an aromatic ring is 2. The maximum absolute atomic E-state index is 12.8. The Bertz CT molecular complexity index is 332. The fourth-order valence-corrected chi connectivity index (χ4v) is 0.827. The van der Waals surface area contributed by atoms with Gasteiger partial charge in [0.05, 0.1) is 16.9 Å². The number of hydrogen-bond acceptors (Lipinski definition) is 2. The van der Waals surface area contributed by atoms with E-state index < -0.39 is 23.2 Å². The van der Waals surface area contributed by atoms with Gasteiger partial charge in [0.1, 0.15) is 0 Å². The monoisotopic (exact) mass is 194 g/mol. The zero-order chi connectivity index (χ0) is 10.2. The molecule has 0 atom stereocenters. The van der Waals surface area contributed by atoms with Gasteiger partial charge >= 0.3 is 6.18 Å². The topological polar surface area (TPSA) is 52.0 Å². The average Bonchev–Trinajstić information content (AvgIpc) is 1.98. The summed E-state index contributed by atoms with van der Waals surface area (Å²) in [5, 5.41) is 0. The van der Waals surface area contributed by atoms with Crippen molar-refractivity contribution in [1.82, 2.24) is 0 Å². The van der Waals surface area contributed by atoms with Crippen molar-refractivity contribution in [3.05, 3.63) is 23.5 Å². The summed E-state index contributed by atoms with van der Waals surface area (Å²) in [6, 6.07) is 1.47. The SMILES string of the molecule is Nc1ccc(C(F)(F)F)c(F)c1N. The molecule has 6 heteroatoms. The van der Waals surface area contributed by atoms with Crippen LogP contribution in [-0.2, 0) is 6.18 Å². The lowest BCUT2D eigenvalue weighted by molar-refractivity contribution is -0.139. The number of alkyl halides is 3. The van der Waals surface area contributed by atoms with E-state index in [1.54, 1.807) is 0 Å². The Morgan fingerprint density at radius 1 is 1.08 bits per heavy atom. The highest BCUT2D eigenvalue weighted by atomic mass is 19.4. The molecular formula is C7H6F4N2. The fraction of sp³-hybridized carbons (Fsp3) is 0.143. The average molecular weight is 194 g/mol. The summed E-state index contributed by atoms with van der Waals surface area (Å²) < 4.78 is 48.9. The van der Waals surface area contributed by atoms with Crippen LogP contribution in [0.15, 0.2) is 12.1 Å². The van der Waals surface area contributed by atoms with Gasteiger partial charge < -0.3 is 11.5 Å². The first-order valence-electron chi connectivity index (χ1n) is 3.24. The van der Waals surface area contributed by atoms with Gasteiger partial charge in [-0.15, -0.1) is 0 Å². The van der Waals surface area contributed by atoms with Gasteiger partial charge in [0.25, 0.3) is 0 Å². The van der Waals surface area contributed by atoms with Crippen molar-refractivity contribution in [2.24, 2.45) is 0 Å². The van der Waals surface area contributed by atoms with E-state index in [2.05, 4.69) is 0 Å². The molecule has 13 heavy (non-hydrogen) atoms. The van der Waals surface area contributed by atoms with Crippen molar-refractivity contribution in [2.45, 2.75) is 6.18 Å². The minimum absolute atomic E-state index is 0.203. The molecule has 0 spiro atoms. The summed E-state index contributed by atoms with van der Waals surface area (Å²) in [4.78, 5) is 0. The Kier molecular flexibility index (Phi) is 2.07. The van der Waals surface area contributed by atoms with Crippen LogP contribution in [0.5, 0.6) is 0 Å². The van der Waals surface area contributed by atoms with Crippen LogP contribution >= 0.6 is 0 Å². The Balaban J connectivity index is 3.35. The lowest BCUT2D eigenvalue weighted by atomic mass is 10.1. The number of rotatable bonds is 0. The molecule has 0 fully saturated rings. The molecule has 4 N–H and O–H groups in total. The minimum atomic E-state index is -4.74. The van der Waals surface area contributed by atoms with Gasteiger partial charge in [0.15, 0.2) is 5.82 Å². The fourth-order valence-electron chi connectivity index (χ4n) is 0.827. The van der Waals surface area contributed by atoms with Crippen LogP contribution in [0.2, 0.25) is 0 Å². The highest BCUT2D eigenvalue weighted by Gasteiger charge is 2.35. The highest BCUT2D eigenvalue weighted by Crippen LogP contribution is 2.34. The van der Waals surface area contributed by atoms with Crippen LogP contribution in [0.3, 0.4) is 0 Å². The summed E-state index contributed by atoms with van der Waals surface area (Å²) in [6.07, 6.45) is -4.74. The predicted octanol–water partition coefficient (Wildman–Crippen LogP) is 2.01. The quantitative estimate of drug-likeness (QED) is 0.490. The van der Waals surface area contributed by atoms with Crippen LogP contribution in [0.25, 0.3) is 0 Å². The standard InChI is InChI=1S/C7H6F4N2/c8-5-3(7(9,10)11)1-2-4(12)6(5)13/h1-2H,12-13H2. The maximum Gasteiger partial charge on any atom is 0.419 e. The van der Waals surface area contributed by atoms with Gasteiger partial charge in [0, 0.05) is 0 Å². The number of benzene rings is 1. The van der Waals surface area contributed by atoms with Crippen LogP contribution in [0, 0.1) is 5.82 Å². The Labute approximate surface area is 71.1 Å². The van der Waals surface area contributed by atoms with Gasteiger partial charge in [0.2, 0.25) is 0 Å². The number of anilines is 2. The van der Waals surface area contributed by atoms with Crippen molar-refractivity contribution >= 4 is 11.4 Å². The molecule has 1 rings (SSSR count). The van der Waals surface area contributed by atoms with E-state index in [4.69, 9.17) is 11.5 Å². The Hall–Kier alpha value is -1.46. The van der Waals surface area contributed by atoms with Crippen molar-refractivity contribution in [2.75, 3.05) is 11.5 Å². The van der Waals surface area contributed by atoms with Crippen LogP contribution in [0.4, 0.5) is 28.9 Å². The Morgan fingerprint density at radius 3 is 2.08 bits per heavy atom. The molecule has 0 saturated heterocycles. The van der Waals surface area contributed by atoms with E-state index >= 15 is 0 Å². The number of halogens is 4. The van der Waals surface area contributed by atoms with Gasteiger partial charge in [-0.25, -0.2) is 4.39 Å². The largest absolute Gasteiger partial charge is 0.419 e. The molecule has 1 aromatic carbocycles. The first-order chi connectivity index (χ1) is 5.84. The van der Waals surface area contributed by atoms with E-state index in [0.717, 1.165) is 6.07 Å². The molecular weight excluding hydrogens is 188 g/mol. The molecule has 2 nitrogen and oxygen atoms in total. The molecule has 0 saturated carbocycles. The third-order valence-corrected chi connectivity index (χ3v) is 1.52. The second-order valence-electron chi connectivity index (χ2n) is 2.43. The molecule has 0 unspecified atom stereocenters. The first-order valence-corrected chi connectivity index (χ1v) is 3.24. The molecule has 0 aliphatic heterocycles. The molecule has 0 aliphatic carbocycles. The smallest absolute Gasteiger partial charge is 0.397 e. The third-order valence-electron chi connectivity index (χ3n) is 1.52. The zero-order valence-corrected chi connectivity index (χ0v) is 6.32. The van der Waals surface area contributed by atoms with Crippen molar-refractivity contribution in [3.8, 4) is 0 Å². The van der Waals surface area contributed by atoms with Gasteiger partial charge in [-0.3, -0.25) is 0 Å². The Morgan fingerprint density at radius 2 is 1.62 bits per heavy atom. The molecule has 0 aromatic heterocycles. The summed E-state index contributed by atoms with van der Waals surface area (Å²) >= 11 is 0. The van der Waals surface area contributed by atoms with Crippen molar-refractivity contribution < 1.29 is 17.6 Å². The van der Waals surface area contributed by atoms with Gasteiger partial charge in [-0.1, -0.05) is 0 Å².